The average Bonchev–Trinajstić information content (AvgIpc) is 2.28. The summed E-state index contributed by atoms with van der Waals surface area (Å²) in [5.41, 5.74) is 0.786. The van der Waals surface area contributed by atoms with Crippen molar-refractivity contribution in [2.24, 2.45) is 0 Å². The van der Waals surface area contributed by atoms with E-state index >= 15 is 0 Å². The van der Waals surface area contributed by atoms with Gasteiger partial charge in [-0.3, -0.25) is 8.93 Å². The molecule has 0 radical (unpaired) electrons. The monoisotopic (exact) mass is 166 g/mol. The van der Waals surface area contributed by atoms with Crippen molar-refractivity contribution in [2.45, 2.75) is 0 Å². The molecule has 56 valence electrons. The highest BCUT2D eigenvalue weighted by Gasteiger charge is 1.88. The molecule has 1 aromatic carbocycles. The Morgan fingerprint density at radius 3 is 3.00 bits per heavy atom. The van der Waals surface area contributed by atoms with Gasteiger partial charge in [-0.25, -0.2) is 0 Å². The summed E-state index contributed by atoms with van der Waals surface area (Å²) >= 11 is 0. The van der Waals surface area contributed by atoms with E-state index in [1.54, 1.807) is 0 Å². The molecular weight excluding hydrogens is 159 g/mol. The lowest BCUT2D eigenvalue weighted by atomic mass is 10.2. The molecule has 0 aliphatic carbocycles. The molecule has 2 nitrogen and oxygen atoms in total. The fourth-order valence-electron chi connectivity index (χ4n) is 0.915. The predicted octanol–water partition coefficient (Wildman–Crippen LogP) is 3.18. The van der Waals surface area contributed by atoms with Crippen molar-refractivity contribution in [1.29, 1.82) is 0 Å². The quantitative estimate of drug-likeness (QED) is 0.562. The zero-order valence-corrected chi connectivity index (χ0v) is 6.78. The topological polar surface area (TPSA) is 26.3 Å². The normalized spacial score (nSPS) is 10.5. The van der Waals surface area contributed by atoms with E-state index in [0.29, 0.717) is 0 Å². The SMILES string of the molecule is c1ccc2oo[pH]ccc2c1. The molecule has 0 amide bonds. The minimum atomic E-state index is 0.288. The van der Waals surface area contributed by atoms with Crippen LogP contribution in [0, 0.1) is 0 Å². The van der Waals surface area contributed by atoms with E-state index in [9.17, 15) is 0 Å². The van der Waals surface area contributed by atoms with E-state index in [1.807, 2.05) is 36.1 Å². The molecule has 11 heavy (non-hydrogen) atoms. The van der Waals surface area contributed by atoms with E-state index in [0.717, 1.165) is 11.0 Å². The minimum Gasteiger partial charge on any atom is -0.288 e. The molecule has 2 aromatic rings. The van der Waals surface area contributed by atoms with Crippen LogP contribution in [0.15, 0.2) is 45.1 Å². The number of hydrogen-bond donors (Lipinski definition) is 0. The Morgan fingerprint density at radius 1 is 1.09 bits per heavy atom. The molecule has 0 fully saturated rings. The van der Waals surface area contributed by atoms with Gasteiger partial charge in [0.2, 0.25) is 0 Å². The maximum atomic E-state index is 5.00. The third-order valence-electron chi connectivity index (χ3n) is 1.43. The number of rotatable bonds is 0. The van der Waals surface area contributed by atoms with Gasteiger partial charge in [-0.15, -0.1) is 0 Å². The standard InChI is InChI=1S/C8H7O2P/c1-2-4-8-7(3-1)5-6-11-10-9-8/h1-6,11H. The zero-order chi connectivity index (χ0) is 7.52. The summed E-state index contributed by atoms with van der Waals surface area (Å²) in [4.78, 5) is 0. The summed E-state index contributed by atoms with van der Waals surface area (Å²) in [6, 6.07) is 9.77. The molecule has 0 bridgehead atoms. The Bertz CT molecular complexity index is 346. The first-order chi connectivity index (χ1) is 5.47. The van der Waals surface area contributed by atoms with Crippen molar-refractivity contribution in [2.75, 3.05) is 0 Å². The number of para-hydroxylation sites is 1. The lowest BCUT2D eigenvalue weighted by Gasteiger charge is -1.84. The van der Waals surface area contributed by atoms with Crippen LogP contribution in [-0.2, 0) is 0 Å². The Hall–Kier alpha value is -1.14. The van der Waals surface area contributed by atoms with Crippen molar-refractivity contribution < 1.29 is 8.93 Å². The maximum absolute atomic E-state index is 5.00. The van der Waals surface area contributed by atoms with Crippen molar-refractivity contribution in [3.8, 4) is 0 Å². The molecule has 0 N–H and O–H groups in total. The Labute approximate surface area is 65.2 Å². The fraction of sp³-hybridized carbons (Fsp3) is 0. The van der Waals surface area contributed by atoms with Gasteiger partial charge in [0.15, 0.2) is 5.58 Å². The molecule has 0 aliphatic rings. The lowest BCUT2D eigenvalue weighted by Crippen LogP contribution is -1.62. The molecule has 0 aliphatic heterocycles. The van der Waals surface area contributed by atoms with E-state index in [-0.39, 0.29) is 8.43 Å². The third kappa shape index (κ3) is 1.31. The molecule has 1 atom stereocenters. The van der Waals surface area contributed by atoms with Gasteiger partial charge in [0.25, 0.3) is 0 Å². The Kier molecular flexibility index (Phi) is 1.70. The van der Waals surface area contributed by atoms with Gasteiger partial charge in [-0.05, 0) is 17.9 Å². The van der Waals surface area contributed by atoms with Gasteiger partial charge in [0.1, 0.15) is 0 Å². The van der Waals surface area contributed by atoms with Crippen LogP contribution in [0.4, 0.5) is 0 Å². The van der Waals surface area contributed by atoms with Crippen LogP contribution < -0.4 is 0 Å². The zero-order valence-electron chi connectivity index (χ0n) is 5.78. The second-order valence-corrected chi connectivity index (χ2v) is 2.89. The molecule has 1 heterocycles. The highest BCUT2D eigenvalue weighted by molar-refractivity contribution is 7.21. The first kappa shape index (κ1) is 6.56. The first-order valence-electron chi connectivity index (χ1n) is 3.31. The largest absolute Gasteiger partial charge is 0.288 e. The molecule has 0 saturated heterocycles. The van der Waals surface area contributed by atoms with E-state index in [1.165, 1.54) is 0 Å². The third-order valence-corrected chi connectivity index (χ3v) is 1.91. The fourth-order valence-corrected chi connectivity index (χ4v) is 1.36. The number of benzene rings is 1. The molecular formula is C8H7O2P. The molecule has 0 saturated carbocycles. The van der Waals surface area contributed by atoms with Crippen LogP contribution in [0.3, 0.4) is 0 Å². The van der Waals surface area contributed by atoms with Crippen LogP contribution >= 0.6 is 8.43 Å². The average molecular weight is 166 g/mol. The molecule has 2 rings (SSSR count). The smallest absolute Gasteiger partial charge is 0.186 e. The second kappa shape index (κ2) is 2.85. The van der Waals surface area contributed by atoms with Crippen molar-refractivity contribution >= 4 is 19.4 Å². The highest BCUT2D eigenvalue weighted by Crippen LogP contribution is 2.13. The molecule has 3 heteroatoms. The van der Waals surface area contributed by atoms with Gasteiger partial charge in [0, 0.05) is 5.39 Å². The Balaban J connectivity index is 2.90. The molecule has 1 aromatic heterocycles. The molecule has 1 unspecified atom stereocenters. The van der Waals surface area contributed by atoms with Gasteiger partial charge in [-0.2, -0.15) is 0 Å². The van der Waals surface area contributed by atoms with Crippen molar-refractivity contribution in [3.05, 3.63) is 36.1 Å². The van der Waals surface area contributed by atoms with Crippen LogP contribution in [0.1, 0.15) is 0 Å². The highest BCUT2D eigenvalue weighted by atomic mass is 31.1. The second-order valence-electron chi connectivity index (χ2n) is 2.16. The number of fused-ring (bicyclic) bond motifs is 1. The summed E-state index contributed by atoms with van der Waals surface area (Å²) in [6.45, 7) is 0. The van der Waals surface area contributed by atoms with Crippen LogP contribution in [0.5, 0.6) is 0 Å². The van der Waals surface area contributed by atoms with Gasteiger partial charge in [0.05, 0.1) is 8.43 Å². The van der Waals surface area contributed by atoms with Crippen LogP contribution in [0.25, 0.3) is 11.0 Å². The first-order valence-corrected chi connectivity index (χ1v) is 4.30. The maximum Gasteiger partial charge on any atom is 0.186 e. The van der Waals surface area contributed by atoms with Crippen molar-refractivity contribution in [3.63, 3.8) is 0 Å². The van der Waals surface area contributed by atoms with E-state index in [2.05, 4.69) is 0 Å². The van der Waals surface area contributed by atoms with E-state index in [4.69, 9.17) is 8.93 Å². The van der Waals surface area contributed by atoms with E-state index < -0.39 is 0 Å². The summed E-state index contributed by atoms with van der Waals surface area (Å²) in [5, 5.41) is 1.07. The van der Waals surface area contributed by atoms with Crippen molar-refractivity contribution in [1.82, 2.24) is 0 Å². The Morgan fingerprint density at radius 2 is 2.00 bits per heavy atom. The summed E-state index contributed by atoms with van der Waals surface area (Å²) in [6.07, 6.45) is 0. The van der Waals surface area contributed by atoms with Gasteiger partial charge in [-0.1, -0.05) is 18.2 Å². The summed E-state index contributed by atoms with van der Waals surface area (Å²) in [7, 11) is 0.288. The predicted molar refractivity (Wildman–Crippen MR) is 45.6 cm³/mol. The minimum absolute atomic E-state index is 0.288. The molecule has 0 spiro atoms. The van der Waals surface area contributed by atoms with Crippen LogP contribution in [-0.4, -0.2) is 0 Å². The van der Waals surface area contributed by atoms with Gasteiger partial charge >= 0.3 is 0 Å². The summed E-state index contributed by atoms with van der Waals surface area (Å²) in [5.74, 6) is 1.95. The number of hydrogen-bond acceptors (Lipinski definition) is 2. The van der Waals surface area contributed by atoms with Gasteiger partial charge < -0.3 is 0 Å². The van der Waals surface area contributed by atoms with Crippen LogP contribution in [0.2, 0.25) is 0 Å². The summed E-state index contributed by atoms with van der Waals surface area (Å²) < 4.78 is 9.86. The lowest BCUT2D eigenvalue weighted by molar-refractivity contribution is 0.125.